The Hall–Kier alpha value is -0.800. The van der Waals surface area contributed by atoms with Crippen molar-refractivity contribution in [3.63, 3.8) is 0 Å². The summed E-state index contributed by atoms with van der Waals surface area (Å²) in [6, 6.07) is 3.28. The molecule has 0 atom stereocenters. The lowest BCUT2D eigenvalue weighted by molar-refractivity contribution is 0.101. The minimum Gasteiger partial charge on any atom is -0.477 e. The molecule has 1 aromatic rings. The van der Waals surface area contributed by atoms with Gasteiger partial charge in [0.2, 0.25) is 5.88 Å². The van der Waals surface area contributed by atoms with Gasteiger partial charge in [-0.3, -0.25) is 4.79 Å². The zero-order valence-electron chi connectivity index (χ0n) is 8.53. The van der Waals surface area contributed by atoms with E-state index in [1.807, 2.05) is 0 Å². The van der Waals surface area contributed by atoms with Gasteiger partial charge < -0.3 is 4.74 Å². The number of alkyl halides is 2. The van der Waals surface area contributed by atoms with Crippen molar-refractivity contribution >= 4 is 29.0 Å². The van der Waals surface area contributed by atoms with Crippen molar-refractivity contribution in [2.45, 2.75) is 17.7 Å². The first-order valence-electron chi connectivity index (χ1n) is 5.08. The molecule has 0 N–H and O–H groups in total. The number of nitrogens with zero attached hydrogens (tertiary/aromatic N) is 1. The molecule has 1 heterocycles. The van der Waals surface area contributed by atoms with Crippen LogP contribution in [0.2, 0.25) is 0 Å². The van der Waals surface area contributed by atoms with Gasteiger partial charge in [0.1, 0.15) is 0 Å². The highest BCUT2D eigenvalue weighted by Crippen LogP contribution is 2.29. The summed E-state index contributed by atoms with van der Waals surface area (Å²) in [4.78, 5) is 14.4. The van der Waals surface area contributed by atoms with Gasteiger partial charge in [-0.25, -0.2) is 4.98 Å². The average Bonchev–Trinajstić information content (AvgIpc) is 3.10. The van der Waals surface area contributed by atoms with Crippen LogP contribution in [0.5, 0.6) is 5.88 Å². The maximum absolute atomic E-state index is 11.4. The Bertz CT molecular complexity index is 374. The van der Waals surface area contributed by atoms with E-state index in [4.69, 9.17) is 27.9 Å². The van der Waals surface area contributed by atoms with Crippen molar-refractivity contribution in [1.29, 1.82) is 0 Å². The van der Waals surface area contributed by atoms with Crippen molar-refractivity contribution < 1.29 is 9.53 Å². The minimum atomic E-state index is -1.04. The zero-order chi connectivity index (χ0) is 11.5. The van der Waals surface area contributed by atoms with E-state index in [1.165, 1.54) is 19.0 Å². The van der Waals surface area contributed by atoms with Crippen LogP contribution >= 0.6 is 23.2 Å². The maximum Gasteiger partial charge on any atom is 0.213 e. The molecule has 3 nitrogen and oxygen atoms in total. The molecule has 1 aliphatic carbocycles. The summed E-state index contributed by atoms with van der Waals surface area (Å²) in [5.41, 5.74) is 0.397. The molecular formula is C11H11Cl2NO2. The van der Waals surface area contributed by atoms with Crippen LogP contribution in [-0.4, -0.2) is 22.2 Å². The van der Waals surface area contributed by atoms with Gasteiger partial charge in [-0.05, 0) is 24.8 Å². The first-order chi connectivity index (χ1) is 7.66. The molecule has 0 spiro atoms. The Kier molecular flexibility index (Phi) is 3.66. The Morgan fingerprint density at radius 2 is 2.25 bits per heavy atom. The van der Waals surface area contributed by atoms with Crippen molar-refractivity contribution in [3.8, 4) is 5.88 Å². The van der Waals surface area contributed by atoms with Crippen LogP contribution in [0.4, 0.5) is 0 Å². The molecule has 1 aromatic heterocycles. The van der Waals surface area contributed by atoms with E-state index in [2.05, 4.69) is 4.98 Å². The van der Waals surface area contributed by atoms with Crippen LogP contribution < -0.4 is 4.74 Å². The van der Waals surface area contributed by atoms with Gasteiger partial charge in [-0.15, -0.1) is 0 Å². The van der Waals surface area contributed by atoms with Crippen molar-refractivity contribution in [2.24, 2.45) is 5.92 Å². The molecule has 1 saturated carbocycles. The number of ether oxygens (including phenoxy) is 1. The normalized spacial score (nSPS) is 15.2. The topological polar surface area (TPSA) is 39.2 Å². The first kappa shape index (κ1) is 11.7. The molecule has 86 valence electrons. The number of aromatic nitrogens is 1. The van der Waals surface area contributed by atoms with Gasteiger partial charge in [-0.1, -0.05) is 23.2 Å². The van der Waals surface area contributed by atoms with Crippen LogP contribution in [0.15, 0.2) is 18.3 Å². The third-order valence-corrected chi connectivity index (χ3v) is 2.78. The van der Waals surface area contributed by atoms with Gasteiger partial charge in [-0.2, -0.15) is 0 Å². The molecule has 0 saturated heterocycles. The second-order valence-corrected chi connectivity index (χ2v) is 4.90. The predicted octanol–water partition coefficient (Wildman–Crippen LogP) is 2.86. The van der Waals surface area contributed by atoms with Crippen LogP contribution in [0.25, 0.3) is 0 Å². The summed E-state index contributed by atoms with van der Waals surface area (Å²) in [6.07, 6.45) is 3.90. The number of halogens is 2. The second-order valence-electron chi connectivity index (χ2n) is 3.80. The van der Waals surface area contributed by atoms with E-state index in [0.717, 1.165) is 0 Å². The standard InChI is InChI=1S/C11H11Cl2NO2/c12-11(13)10(15)8-3-4-9(14-5-8)16-6-7-1-2-7/h3-5,7,11H,1-2,6H2. The van der Waals surface area contributed by atoms with Crippen LogP contribution in [0.3, 0.4) is 0 Å². The van der Waals surface area contributed by atoms with E-state index >= 15 is 0 Å². The quantitative estimate of drug-likeness (QED) is 0.603. The molecule has 1 aliphatic rings. The van der Waals surface area contributed by atoms with Crippen molar-refractivity contribution in [1.82, 2.24) is 4.98 Å². The molecule has 2 rings (SSSR count). The van der Waals surface area contributed by atoms with Gasteiger partial charge in [0, 0.05) is 17.8 Å². The number of ketones is 1. The number of carbonyl (C=O) groups is 1. The third kappa shape index (κ3) is 3.09. The molecule has 0 unspecified atom stereocenters. The van der Waals surface area contributed by atoms with Gasteiger partial charge in [0.05, 0.1) is 6.61 Å². The smallest absolute Gasteiger partial charge is 0.213 e. The zero-order valence-corrected chi connectivity index (χ0v) is 10.0. The minimum absolute atomic E-state index is 0.343. The number of Topliss-reactive ketones (excluding diaryl/α,β-unsaturated/α-hetero) is 1. The number of rotatable bonds is 5. The van der Waals surface area contributed by atoms with E-state index in [1.54, 1.807) is 12.1 Å². The molecule has 0 aliphatic heterocycles. The molecule has 0 bridgehead atoms. The van der Waals surface area contributed by atoms with Gasteiger partial charge >= 0.3 is 0 Å². The largest absolute Gasteiger partial charge is 0.477 e. The summed E-state index contributed by atoms with van der Waals surface area (Å²) in [5, 5.41) is 0. The number of hydrogen-bond acceptors (Lipinski definition) is 3. The highest BCUT2D eigenvalue weighted by molar-refractivity contribution is 6.55. The summed E-state index contributed by atoms with van der Waals surface area (Å²) in [7, 11) is 0. The highest BCUT2D eigenvalue weighted by Gasteiger charge is 2.22. The first-order valence-corrected chi connectivity index (χ1v) is 5.95. The SMILES string of the molecule is O=C(c1ccc(OCC2CC2)nc1)C(Cl)Cl. The van der Waals surface area contributed by atoms with Crippen LogP contribution in [-0.2, 0) is 0 Å². The number of pyridine rings is 1. The van der Waals surface area contributed by atoms with E-state index in [-0.39, 0.29) is 5.78 Å². The Labute approximate surface area is 104 Å². The van der Waals surface area contributed by atoms with Gasteiger partial charge in [0.15, 0.2) is 10.6 Å². The van der Waals surface area contributed by atoms with Crippen LogP contribution in [0.1, 0.15) is 23.2 Å². The molecule has 0 radical (unpaired) electrons. The molecule has 5 heteroatoms. The fourth-order valence-electron chi connectivity index (χ4n) is 1.23. The van der Waals surface area contributed by atoms with E-state index in [0.29, 0.717) is 24.0 Å². The number of carbonyl (C=O) groups excluding carboxylic acids is 1. The number of hydrogen-bond donors (Lipinski definition) is 0. The Balaban J connectivity index is 1.95. The van der Waals surface area contributed by atoms with Crippen molar-refractivity contribution in [2.75, 3.05) is 6.61 Å². The van der Waals surface area contributed by atoms with E-state index < -0.39 is 4.84 Å². The van der Waals surface area contributed by atoms with E-state index in [9.17, 15) is 4.79 Å². The van der Waals surface area contributed by atoms with Crippen molar-refractivity contribution in [3.05, 3.63) is 23.9 Å². The van der Waals surface area contributed by atoms with Crippen LogP contribution in [0, 0.1) is 5.92 Å². The Morgan fingerprint density at radius 3 is 2.75 bits per heavy atom. The lowest BCUT2D eigenvalue weighted by Gasteiger charge is -2.05. The molecule has 1 fully saturated rings. The lowest BCUT2D eigenvalue weighted by Crippen LogP contribution is -2.09. The maximum atomic E-state index is 11.4. The Morgan fingerprint density at radius 1 is 1.50 bits per heavy atom. The predicted molar refractivity (Wildman–Crippen MR) is 62.3 cm³/mol. The summed E-state index contributed by atoms with van der Waals surface area (Å²) in [5.74, 6) is 0.867. The average molecular weight is 260 g/mol. The highest BCUT2D eigenvalue weighted by atomic mass is 35.5. The molecule has 16 heavy (non-hydrogen) atoms. The monoisotopic (exact) mass is 259 g/mol. The molecular weight excluding hydrogens is 249 g/mol. The molecule has 0 aromatic carbocycles. The summed E-state index contributed by atoms with van der Waals surface area (Å²) in [6.45, 7) is 0.702. The third-order valence-electron chi connectivity index (χ3n) is 2.38. The lowest BCUT2D eigenvalue weighted by atomic mass is 10.2. The summed E-state index contributed by atoms with van der Waals surface area (Å²) >= 11 is 10.9. The molecule has 0 amide bonds. The second kappa shape index (κ2) is 5.02. The van der Waals surface area contributed by atoms with Gasteiger partial charge in [0.25, 0.3) is 0 Å². The fraction of sp³-hybridized carbons (Fsp3) is 0.455. The fourth-order valence-corrected chi connectivity index (χ4v) is 1.48. The summed E-state index contributed by atoms with van der Waals surface area (Å²) < 4.78 is 5.44.